The average molecular weight is 322 g/mol. The molecule has 1 aromatic carbocycles. The highest BCUT2D eigenvalue weighted by atomic mass is 79.9. The Hall–Kier alpha value is -1.95. The number of ether oxygens (including phenoxy) is 1. The van der Waals surface area contributed by atoms with Crippen molar-refractivity contribution in [3.8, 4) is 0 Å². The van der Waals surface area contributed by atoms with Crippen molar-refractivity contribution >= 4 is 27.7 Å². The van der Waals surface area contributed by atoms with Crippen molar-refractivity contribution in [3.63, 3.8) is 0 Å². The molecule has 0 amide bonds. The summed E-state index contributed by atoms with van der Waals surface area (Å²) in [5, 5.41) is 3.13. The number of benzene rings is 1. The number of halogens is 1. The molecule has 0 unspecified atom stereocenters. The molecule has 98 valence electrons. The second kappa shape index (κ2) is 6.29. The van der Waals surface area contributed by atoms with Crippen LogP contribution >= 0.6 is 15.9 Å². The molecule has 0 bridgehead atoms. The second-order valence-corrected chi connectivity index (χ2v) is 4.66. The summed E-state index contributed by atoms with van der Waals surface area (Å²) in [5.74, 6) is 0.0724. The van der Waals surface area contributed by atoms with Gasteiger partial charge in [0.15, 0.2) is 0 Å². The van der Waals surface area contributed by atoms with E-state index in [1.165, 1.54) is 13.3 Å². The van der Waals surface area contributed by atoms with Crippen LogP contribution in [0.4, 0.5) is 5.82 Å². The van der Waals surface area contributed by atoms with Gasteiger partial charge in [-0.15, -0.1) is 0 Å². The summed E-state index contributed by atoms with van der Waals surface area (Å²) in [6.45, 7) is 0.608. The van der Waals surface area contributed by atoms with Crippen LogP contribution in [0.25, 0.3) is 0 Å². The van der Waals surface area contributed by atoms with Crippen LogP contribution in [0.3, 0.4) is 0 Å². The Morgan fingerprint density at radius 3 is 3.00 bits per heavy atom. The Labute approximate surface area is 119 Å². The summed E-state index contributed by atoms with van der Waals surface area (Å²) >= 11 is 3.41. The van der Waals surface area contributed by atoms with Crippen molar-refractivity contribution in [1.29, 1.82) is 0 Å². The number of carbonyl (C=O) groups excluding carboxylic acids is 1. The molecule has 0 aliphatic heterocycles. The molecular formula is C13H12BrN3O2. The van der Waals surface area contributed by atoms with Crippen molar-refractivity contribution in [1.82, 2.24) is 9.97 Å². The third-order valence-electron chi connectivity index (χ3n) is 2.39. The number of anilines is 1. The molecule has 5 nitrogen and oxygen atoms in total. The lowest BCUT2D eigenvalue weighted by atomic mass is 10.2. The van der Waals surface area contributed by atoms with Gasteiger partial charge in [0, 0.05) is 17.2 Å². The molecule has 19 heavy (non-hydrogen) atoms. The summed E-state index contributed by atoms with van der Waals surface area (Å²) in [5.41, 5.74) is 1.10. The van der Waals surface area contributed by atoms with Gasteiger partial charge in [-0.1, -0.05) is 28.1 Å². The van der Waals surface area contributed by atoms with Crippen LogP contribution < -0.4 is 5.32 Å². The van der Waals surface area contributed by atoms with Crippen molar-refractivity contribution in [2.24, 2.45) is 0 Å². The first-order valence-corrected chi connectivity index (χ1v) is 6.38. The van der Waals surface area contributed by atoms with Crippen LogP contribution in [0.15, 0.2) is 41.0 Å². The van der Waals surface area contributed by atoms with Gasteiger partial charge in [0.1, 0.15) is 5.82 Å². The fourth-order valence-corrected chi connectivity index (χ4v) is 1.93. The van der Waals surface area contributed by atoms with E-state index in [9.17, 15) is 4.79 Å². The first-order chi connectivity index (χ1) is 9.19. The standard InChI is InChI=1S/C13H12BrN3O2/c1-19-13(18)12-15-6-5-11(17-12)16-8-9-3-2-4-10(14)7-9/h2-7H,8H2,1H3,(H,15,16,17). The Morgan fingerprint density at radius 1 is 1.42 bits per heavy atom. The fraction of sp³-hybridized carbons (Fsp3) is 0.154. The first kappa shape index (κ1) is 13.5. The molecule has 0 spiro atoms. The van der Waals surface area contributed by atoms with Gasteiger partial charge >= 0.3 is 5.97 Å². The zero-order chi connectivity index (χ0) is 13.7. The van der Waals surface area contributed by atoms with Crippen LogP contribution in [-0.4, -0.2) is 23.0 Å². The number of aromatic nitrogens is 2. The minimum Gasteiger partial charge on any atom is -0.463 e. The van der Waals surface area contributed by atoms with Gasteiger partial charge in [-0.2, -0.15) is 0 Å². The zero-order valence-electron chi connectivity index (χ0n) is 10.3. The van der Waals surface area contributed by atoms with Crippen molar-refractivity contribution in [2.45, 2.75) is 6.54 Å². The number of esters is 1. The molecule has 0 radical (unpaired) electrons. The number of carbonyl (C=O) groups is 1. The van der Waals surface area contributed by atoms with E-state index in [0.29, 0.717) is 12.4 Å². The first-order valence-electron chi connectivity index (χ1n) is 5.58. The Balaban J connectivity index is 2.05. The van der Waals surface area contributed by atoms with E-state index >= 15 is 0 Å². The van der Waals surface area contributed by atoms with Crippen molar-refractivity contribution in [2.75, 3.05) is 12.4 Å². The van der Waals surface area contributed by atoms with Crippen LogP contribution in [0.5, 0.6) is 0 Å². The van der Waals surface area contributed by atoms with Crippen LogP contribution in [0, 0.1) is 0 Å². The van der Waals surface area contributed by atoms with E-state index in [2.05, 4.69) is 36.0 Å². The SMILES string of the molecule is COC(=O)c1nccc(NCc2cccc(Br)c2)n1. The number of hydrogen-bond donors (Lipinski definition) is 1. The number of rotatable bonds is 4. The summed E-state index contributed by atoms with van der Waals surface area (Å²) in [4.78, 5) is 19.2. The Bertz CT molecular complexity index is 590. The lowest BCUT2D eigenvalue weighted by Crippen LogP contribution is -2.09. The summed E-state index contributed by atoms with van der Waals surface area (Å²) in [6.07, 6.45) is 1.52. The van der Waals surface area contributed by atoms with Gasteiger partial charge in [-0.3, -0.25) is 0 Å². The van der Waals surface area contributed by atoms with Crippen LogP contribution in [0.2, 0.25) is 0 Å². The molecule has 0 saturated carbocycles. The van der Waals surface area contributed by atoms with E-state index in [0.717, 1.165) is 10.0 Å². The smallest absolute Gasteiger partial charge is 0.376 e. The van der Waals surface area contributed by atoms with Gasteiger partial charge < -0.3 is 10.1 Å². The normalized spacial score (nSPS) is 10.0. The largest absolute Gasteiger partial charge is 0.463 e. The van der Waals surface area contributed by atoms with Gasteiger partial charge in [0.25, 0.3) is 0 Å². The number of nitrogens with one attached hydrogen (secondary N) is 1. The molecule has 0 aliphatic rings. The lowest BCUT2D eigenvalue weighted by Gasteiger charge is -2.06. The van der Waals surface area contributed by atoms with Crippen molar-refractivity contribution < 1.29 is 9.53 Å². The highest BCUT2D eigenvalue weighted by molar-refractivity contribution is 9.10. The quantitative estimate of drug-likeness (QED) is 0.877. The van der Waals surface area contributed by atoms with E-state index < -0.39 is 5.97 Å². The molecular weight excluding hydrogens is 310 g/mol. The van der Waals surface area contributed by atoms with Crippen LogP contribution in [-0.2, 0) is 11.3 Å². The van der Waals surface area contributed by atoms with Gasteiger partial charge in [0.2, 0.25) is 5.82 Å². The Kier molecular flexibility index (Phi) is 4.46. The molecule has 1 heterocycles. The molecule has 6 heteroatoms. The monoisotopic (exact) mass is 321 g/mol. The molecule has 1 N–H and O–H groups in total. The maximum Gasteiger partial charge on any atom is 0.376 e. The lowest BCUT2D eigenvalue weighted by molar-refractivity contribution is 0.0587. The molecule has 0 saturated heterocycles. The van der Waals surface area contributed by atoms with Gasteiger partial charge in [-0.25, -0.2) is 14.8 Å². The molecule has 2 rings (SSSR count). The zero-order valence-corrected chi connectivity index (χ0v) is 11.8. The van der Waals surface area contributed by atoms with E-state index in [-0.39, 0.29) is 5.82 Å². The van der Waals surface area contributed by atoms with E-state index in [1.807, 2.05) is 24.3 Å². The summed E-state index contributed by atoms with van der Waals surface area (Å²) in [7, 11) is 1.30. The summed E-state index contributed by atoms with van der Waals surface area (Å²) in [6, 6.07) is 9.63. The third kappa shape index (κ3) is 3.75. The van der Waals surface area contributed by atoms with Gasteiger partial charge in [0.05, 0.1) is 7.11 Å². The van der Waals surface area contributed by atoms with Crippen LogP contribution in [0.1, 0.15) is 16.2 Å². The molecule has 2 aromatic rings. The predicted octanol–water partition coefficient (Wildman–Crippen LogP) is 2.64. The maximum atomic E-state index is 11.3. The number of methoxy groups -OCH3 is 1. The fourth-order valence-electron chi connectivity index (χ4n) is 1.49. The Morgan fingerprint density at radius 2 is 2.26 bits per heavy atom. The van der Waals surface area contributed by atoms with Crippen molar-refractivity contribution in [3.05, 3.63) is 52.4 Å². The number of hydrogen-bond acceptors (Lipinski definition) is 5. The second-order valence-electron chi connectivity index (χ2n) is 3.74. The number of nitrogens with zero attached hydrogens (tertiary/aromatic N) is 2. The molecule has 0 fully saturated rings. The maximum absolute atomic E-state index is 11.3. The third-order valence-corrected chi connectivity index (χ3v) is 2.88. The van der Waals surface area contributed by atoms with E-state index in [4.69, 9.17) is 0 Å². The molecule has 0 atom stereocenters. The topological polar surface area (TPSA) is 64.1 Å². The molecule has 0 aliphatic carbocycles. The minimum absolute atomic E-state index is 0.0433. The average Bonchev–Trinajstić information content (AvgIpc) is 2.45. The molecule has 1 aromatic heterocycles. The predicted molar refractivity (Wildman–Crippen MR) is 74.8 cm³/mol. The highest BCUT2D eigenvalue weighted by Gasteiger charge is 2.09. The summed E-state index contributed by atoms with van der Waals surface area (Å²) < 4.78 is 5.59. The minimum atomic E-state index is -0.550. The highest BCUT2D eigenvalue weighted by Crippen LogP contribution is 2.13. The van der Waals surface area contributed by atoms with E-state index in [1.54, 1.807) is 6.07 Å². The van der Waals surface area contributed by atoms with Gasteiger partial charge in [-0.05, 0) is 23.8 Å².